The number of rotatable bonds is 2. The summed E-state index contributed by atoms with van der Waals surface area (Å²) in [6.07, 6.45) is 4.15. The first kappa shape index (κ1) is 15.8. The first-order chi connectivity index (χ1) is 12.1. The van der Waals surface area contributed by atoms with Crippen molar-refractivity contribution in [3.63, 3.8) is 0 Å². The van der Waals surface area contributed by atoms with Gasteiger partial charge in [-0.15, -0.1) is 10.2 Å². The molecule has 2 aliphatic rings. The molecular weight excluding hydrogens is 318 g/mol. The summed E-state index contributed by atoms with van der Waals surface area (Å²) in [4.78, 5) is 26.8. The summed E-state index contributed by atoms with van der Waals surface area (Å²) in [6.45, 7) is 2.39. The van der Waals surface area contributed by atoms with Crippen molar-refractivity contribution in [2.45, 2.75) is 51.7 Å². The number of nitrogens with zero attached hydrogens (tertiary/aromatic N) is 4. The van der Waals surface area contributed by atoms with E-state index in [0.29, 0.717) is 17.9 Å². The fraction of sp³-hybridized carbons (Fsp3) is 0.444. The number of fused-ring (bicyclic) bond motifs is 2. The molecule has 0 radical (unpaired) electrons. The van der Waals surface area contributed by atoms with E-state index in [-0.39, 0.29) is 12.5 Å². The molecule has 1 atom stereocenters. The predicted octanol–water partition coefficient (Wildman–Crippen LogP) is 0.975. The minimum absolute atomic E-state index is 0.144. The molecule has 130 valence electrons. The van der Waals surface area contributed by atoms with Gasteiger partial charge in [0.15, 0.2) is 5.82 Å². The predicted molar refractivity (Wildman–Crippen MR) is 90.7 cm³/mol. The Balaban J connectivity index is 1.73. The van der Waals surface area contributed by atoms with Crippen molar-refractivity contribution in [3.05, 3.63) is 46.5 Å². The Bertz CT molecular complexity index is 857. The molecule has 2 aromatic rings. The van der Waals surface area contributed by atoms with E-state index in [1.54, 1.807) is 4.90 Å². The molecule has 4 rings (SSSR count). The molecule has 2 N–H and O–H groups in total. The number of amides is 2. The number of aryl methyl sites for hydroxylation is 2. The second-order valence-corrected chi connectivity index (χ2v) is 6.78. The summed E-state index contributed by atoms with van der Waals surface area (Å²) >= 11 is 0. The third-order valence-electron chi connectivity index (χ3n) is 5.27. The molecule has 0 spiro atoms. The summed E-state index contributed by atoms with van der Waals surface area (Å²) in [5.41, 5.74) is 8.64. The largest absolute Gasteiger partial charge is 0.368 e. The molecule has 2 amide bonds. The van der Waals surface area contributed by atoms with E-state index in [9.17, 15) is 9.59 Å². The van der Waals surface area contributed by atoms with Gasteiger partial charge in [-0.2, -0.15) is 0 Å². The van der Waals surface area contributed by atoms with E-state index in [1.807, 2.05) is 23.6 Å². The van der Waals surface area contributed by atoms with Gasteiger partial charge in [0.25, 0.3) is 5.91 Å². The molecule has 7 nitrogen and oxygen atoms in total. The van der Waals surface area contributed by atoms with Crippen LogP contribution in [0, 0.1) is 6.92 Å². The summed E-state index contributed by atoms with van der Waals surface area (Å²) in [5, 5.41) is 8.18. The first-order valence-corrected chi connectivity index (χ1v) is 8.66. The summed E-state index contributed by atoms with van der Waals surface area (Å²) < 4.78 is 1.86. The highest BCUT2D eigenvalue weighted by Crippen LogP contribution is 2.27. The van der Waals surface area contributed by atoms with Crippen LogP contribution in [0.4, 0.5) is 0 Å². The molecule has 0 fully saturated rings. The van der Waals surface area contributed by atoms with E-state index < -0.39 is 11.9 Å². The average Bonchev–Trinajstić information content (AvgIpc) is 3.00. The molecule has 0 bridgehead atoms. The van der Waals surface area contributed by atoms with E-state index in [0.717, 1.165) is 37.1 Å². The van der Waals surface area contributed by atoms with Crippen LogP contribution in [0.25, 0.3) is 0 Å². The quantitative estimate of drug-likeness (QED) is 0.882. The number of benzene rings is 1. The Hall–Kier alpha value is -2.70. The van der Waals surface area contributed by atoms with Gasteiger partial charge in [0.2, 0.25) is 5.91 Å². The SMILES string of the molecule is Cc1nnc2n1CC(C(N)=O)N(C(=O)c1cccc3c1CCCC3)C2. The molecule has 1 aliphatic heterocycles. The number of primary amides is 1. The lowest BCUT2D eigenvalue weighted by Crippen LogP contribution is -2.53. The lowest BCUT2D eigenvalue weighted by molar-refractivity contribution is -0.123. The molecule has 7 heteroatoms. The zero-order chi connectivity index (χ0) is 17.6. The van der Waals surface area contributed by atoms with Gasteiger partial charge in [0.1, 0.15) is 11.9 Å². The Morgan fingerprint density at radius 1 is 1.20 bits per heavy atom. The summed E-state index contributed by atoms with van der Waals surface area (Å²) in [7, 11) is 0. The van der Waals surface area contributed by atoms with Crippen LogP contribution in [-0.4, -0.2) is 37.5 Å². The molecule has 1 aromatic carbocycles. The molecule has 1 aliphatic carbocycles. The van der Waals surface area contributed by atoms with Gasteiger partial charge in [0.05, 0.1) is 13.1 Å². The molecule has 1 aromatic heterocycles. The van der Waals surface area contributed by atoms with Crippen molar-refractivity contribution in [2.24, 2.45) is 5.73 Å². The smallest absolute Gasteiger partial charge is 0.255 e. The normalized spacial score (nSPS) is 19.2. The Morgan fingerprint density at radius 3 is 2.80 bits per heavy atom. The molecule has 25 heavy (non-hydrogen) atoms. The van der Waals surface area contributed by atoms with Crippen molar-refractivity contribution in [1.29, 1.82) is 0 Å². The second-order valence-electron chi connectivity index (χ2n) is 6.78. The van der Waals surface area contributed by atoms with E-state index in [4.69, 9.17) is 5.73 Å². The number of carbonyl (C=O) groups is 2. The topological polar surface area (TPSA) is 94.1 Å². The van der Waals surface area contributed by atoms with Crippen molar-refractivity contribution in [1.82, 2.24) is 19.7 Å². The van der Waals surface area contributed by atoms with Crippen molar-refractivity contribution >= 4 is 11.8 Å². The Kier molecular flexibility index (Phi) is 3.78. The van der Waals surface area contributed by atoms with Crippen LogP contribution in [0.5, 0.6) is 0 Å². The van der Waals surface area contributed by atoms with E-state index in [2.05, 4.69) is 16.3 Å². The highest BCUT2D eigenvalue weighted by Gasteiger charge is 2.36. The van der Waals surface area contributed by atoms with Crippen LogP contribution in [0.15, 0.2) is 18.2 Å². The maximum atomic E-state index is 13.3. The van der Waals surface area contributed by atoms with Gasteiger partial charge < -0.3 is 15.2 Å². The highest BCUT2D eigenvalue weighted by molar-refractivity contribution is 5.99. The standard InChI is InChI=1S/C18H21N5O2/c1-11-20-21-16-10-23(15(17(19)24)9-22(11)16)18(25)14-8-4-6-12-5-2-3-7-13(12)14/h4,6,8,15H,2-3,5,7,9-10H2,1H3,(H2,19,24). The summed E-state index contributed by atoms with van der Waals surface area (Å²) in [6, 6.07) is 5.18. The zero-order valence-corrected chi connectivity index (χ0v) is 14.2. The third-order valence-corrected chi connectivity index (χ3v) is 5.27. The van der Waals surface area contributed by atoms with Crippen LogP contribution in [0.3, 0.4) is 0 Å². The minimum Gasteiger partial charge on any atom is -0.368 e. The van der Waals surface area contributed by atoms with Crippen LogP contribution in [-0.2, 0) is 30.7 Å². The molecule has 2 heterocycles. The lowest BCUT2D eigenvalue weighted by atomic mass is 9.87. The Morgan fingerprint density at radius 2 is 2.00 bits per heavy atom. The minimum atomic E-state index is -0.686. The van der Waals surface area contributed by atoms with Crippen molar-refractivity contribution in [3.8, 4) is 0 Å². The zero-order valence-electron chi connectivity index (χ0n) is 14.2. The van der Waals surface area contributed by atoms with Crippen LogP contribution >= 0.6 is 0 Å². The lowest BCUT2D eigenvalue weighted by Gasteiger charge is -2.35. The van der Waals surface area contributed by atoms with Crippen LogP contribution in [0.1, 0.15) is 46.0 Å². The fourth-order valence-corrected chi connectivity index (χ4v) is 3.91. The molecular formula is C18H21N5O2. The fourth-order valence-electron chi connectivity index (χ4n) is 3.91. The third kappa shape index (κ3) is 2.59. The maximum absolute atomic E-state index is 13.3. The number of aromatic nitrogens is 3. The number of carbonyl (C=O) groups excluding carboxylic acids is 2. The highest BCUT2D eigenvalue weighted by atomic mass is 16.2. The monoisotopic (exact) mass is 339 g/mol. The van der Waals surface area contributed by atoms with Gasteiger partial charge in [-0.1, -0.05) is 12.1 Å². The molecule has 1 unspecified atom stereocenters. The average molecular weight is 339 g/mol. The van der Waals surface area contributed by atoms with E-state index >= 15 is 0 Å². The van der Waals surface area contributed by atoms with E-state index in [1.165, 1.54) is 5.56 Å². The maximum Gasteiger partial charge on any atom is 0.255 e. The van der Waals surface area contributed by atoms with Gasteiger partial charge >= 0.3 is 0 Å². The first-order valence-electron chi connectivity index (χ1n) is 8.66. The number of hydrogen-bond donors (Lipinski definition) is 1. The molecule has 0 saturated carbocycles. The second kappa shape index (κ2) is 5.98. The van der Waals surface area contributed by atoms with Gasteiger partial charge in [0, 0.05) is 5.56 Å². The number of hydrogen-bond acceptors (Lipinski definition) is 4. The summed E-state index contributed by atoms with van der Waals surface area (Å²) in [5.74, 6) is 0.768. The molecule has 0 saturated heterocycles. The van der Waals surface area contributed by atoms with Gasteiger partial charge in [-0.05, 0) is 49.8 Å². The van der Waals surface area contributed by atoms with Crippen LogP contribution < -0.4 is 5.73 Å². The van der Waals surface area contributed by atoms with Crippen LogP contribution in [0.2, 0.25) is 0 Å². The van der Waals surface area contributed by atoms with Gasteiger partial charge in [-0.25, -0.2) is 0 Å². The number of nitrogens with two attached hydrogens (primary N) is 1. The van der Waals surface area contributed by atoms with Crippen molar-refractivity contribution in [2.75, 3.05) is 0 Å². The van der Waals surface area contributed by atoms with Crippen molar-refractivity contribution < 1.29 is 9.59 Å². The Labute approximate surface area is 145 Å². The van der Waals surface area contributed by atoms with Gasteiger partial charge in [-0.3, -0.25) is 9.59 Å².